The fourth-order valence-corrected chi connectivity index (χ4v) is 3.44. The minimum Gasteiger partial charge on any atom is -0.369 e. The number of para-hydroxylation sites is 1. The van der Waals surface area contributed by atoms with Gasteiger partial charge in [0, 0.05) is 31.9 Å². The van der Waals surface area contributed by atoms with Crippen molar-refractivity contribution in [2.75, 3.05) is 36.4 Å². The van der Waals surface area contributed by atoms with Gasteiger partial charge in [0.05, 0.1) is 6.04 Å². The lowest BCUT2D eigenvalue weighted by atomic mass is 10.1. The summed E-state index contributed by atoms with van der Waals surface area (Å²) in [5.74, 6) is -1.94. The molecular weight excluding hydrogens is 348 g/mol. The van der Waals surface area contributed by atoms with Crippen molar-refractivity contribution in [3.05, 3.63) is 59.2 Å². The Morgan fingerprint density at radius 3 is 2.22 bits per heavy atom. The van der Waals surface area contributed by atoms with Gasteiger partial charge in [0.15, 0.2) is 0 Å². The van der Waals surface area contributed by atoms with Crippen LogP contribution in [-0.4, -0.2) is 43.0 Å². The van der Waals surface area contributed by atoms with Crippen molar-refractivity contribution in [2.45, 2.75) is 26.8 Å². The summed E-state index contributed by atoms with van der Waals surface area (Å²) in [5, 5.41) is 2.39. The molecule has 2 aromatic carbocycles. The van der Waals surface area contributed by atoms with Crippen LogP contribution in [0.15, 0.2) is 36.4 Å². The standard InChI is InChI=1S/C21H25F2N3O/c1-14-6-4-9-19(15(14)2)26-12-10-25(11-13-26)16(3)21(27)24-20-17(22)7-5-8-18(20)23/h4-9,16H,10-13H2,1-3H3,(H,24,27). The lowest BCUT2D eigenvalue weighted by Gasteiger charge is -2.39. The predicted octanol–water partition coefficient (Wildman–Crippen LogP) is 3.73. The quantitative estimate of drug-likeness (QED) is 0.887. The highest BCUT2D eigenvalue weighted by Gasteiger charge is 2.27. The first-order valence-corrected chi connectivity index (χ1v) is 9.18. The molecule has 1 heterocycles. The van der Waals surface area contributed by atoms with Crippen LogP contribution in [0.25, 0.3) is 0 Å². The Labute approximate surface area is 158 Å². The molecule has 1 N–H and O–H groups in total. The van der Waals surface area contributed by atoms with E-state index in [4.69, 9.17) is 0 Å². The first kappa shape index (κ1) is 19.3. The van der Waals surface area contributed by atoms with Gasteiger partial charge in [-0.3, -0.25) is 9.69 Å². The minimum atomic E-state index is -0.768. The zero-order chi connectivity index (χ0) is 19.6. The van der Waals surface area contributed by atoms with Crippen molar-refractivity contribution < 1.29 is 13.6 Å². The van der Waals surface area contributed by atoms with E-state index in [2.05, 4.69) is 42.3 Å². The van der Waals surface area contributed by atoms with E-state index in [0.29, 0.717) is 13.1 Å². The van der Waals surface area contributed by atoms with Gasteiger partial charge >= 0.3 is 0 Å². The lowest BCUT2D eigenvalue weighted by molar-refractivity contribution is -0.120. The second-order valence-corrected chi connectivity index (χ2v) is 7.00. The van der Waals surface area contributed by atoms with E-state index in [1.54, 1.807) is 6.92 Å². The van der Waals surface area contributed by atoms with Crippen molar-refractivity contribution in [2.24, 2.45) is 0 Å². The van der Waals surface area contributed by atoms with E-state index >= 15 is 0 Å². The van der Waals surface area contributed by atoms with Crippen LogP contribution < -0.4 is 10.2 Å². The third-order valence-corrected chi connectivity index (χ3v) is 5.37. The van der Waals surface area contributed by atoms with E-state index in [-0.39, 0.29) is 5.69 Å². The van der Waals surface area contributed by atoms with Gasteiger partial charge in [-0.25, -0.2) is 8.78 Å². The van der Waals surface area contributed by atoms with Gasteiger partial charge in [-0.05, 0) is 50.1 Å². The predicted molar refractivity (Wildman–Crippen MR) is 104 cm³/mol. The molecule has 0 aliphatic carbocycles. The molecular formula is C21H25F2N3O. The molecule has 1 amide bonds. The number of carbonyl (C=O) groups is 1. The number of carbonyl (C=O) groups excluding carboxylic acids is 1. The van der Waals surface area contributed by atoms with E-state index in [9.17, 15) is 13.6 Å². The average molecular weight is 373 g/mol. The molecule has 6 heteroatoms. The summed E-state index contributed by atoms with van der Waals surface area (Å²) >= 11 is 0. The Bertz CT molecular complexity index is 812. The molecule has 1 aliphatic heterocycles. The number of hydrogen-bond donors (Lipinski definition) is 1. The molecule has 1 atom stereocenters. The summed E-state index contributed by atoms with van der Waals surface area (Å²) in [6, 6.07) is 9.35. The molecule has 1 unspecified atom stereocenters. The maximum atomic E-state index is 13.8. The zero-order valence-electron chi connectivity index (χ0n) is 15.9. The fourth-order valence-electron chi connectivity index (χ4n) is 3.44. The Kier molecular flexibility index (Phi) is 5.75. The smallest absolute Gasteiger partial charge is 0.241 e. The normalized spacial score (nSPS) is 16.3. The number of aryl methyl sites for hydroxylation is 1. The SMILES string of the molecule is Cc1cccc(N2CCN(C(C)C(=O)Nc3c(F)cccc3F)CC2)c1C. The molecule has 0 spiro atoms. The summed E-state index contributed by atoms with van der Waals surface area (Å²) in [6.07, 6.45) is 0. The summed E-state index contributed by atoms with van der Waals surface area (Å²) < 4.78 is 27.5. The van der Waals surface area contributed by atoms with Crippen LogP contribution in [0.4, 0.5) is 20.2 Å². The highest BCUT2D eigenvalue weighted by Crippen LogP contribution is 2.24. The van der Waals surface area contributed by atoms with Crippen LogP contribution in [0.2, 0.25) is 0 Å². The Morgan fingerprint density at radius 1 is 1.00 bits per heavy atom. The largest absolute Gasteiger partial charge is 0.369 e. The fraction of sp³-hybridized carbons (Fsp3) is 0.381. The van der Waals surface area contributed by atoms with E-state index in [0.717, 1.165) is 25.2 Å². The van der Waals surface area contributed by atoms with Crippen molar-refractivity contribution in [1.82, 2.24) is 4.90 Å². The number of hydrogen-bond acceptors (Lipinski definition) is 3. The van der Waals surface area contributed by atoms with Gasteiger partial charge in [0.25, 0.3) is 0 Å². The van der Waals surface area contributed by atoms with Crippen LogP contribution in [0, 0.1) is 25.5 Å². The highest BCUT2D eigenvalue weighted by atomic mass is 19.1. The summed E-state index contributed by atoms with van der Waals surface area (Å²) in [6.45, 7) is 9.01. The van der Waals surface area contributed by atoms with Crippen molar-refractivity contribution in [3.63, 3.8) is 0 Å². The van der Waals surface area contributed by atoms with Crippen molar-refractivity contribution in [3.8, 4) is 0 Å². The first-order chi connectivity index (χ1) is 12.9. The molecule has 1 saturated heterocycles. The number of halogens is 2. The second kappa shape index (κ2) is 8.05. The molecule has 3 rings (SSSR count). The number of benzene rings is 2. The summed E-state index contributed by atoms with van der Waals surface area (Å²) in [4.78, 5) is 16.8. The van der Waals surface area contributed by atoms with Gasteiger partial charge in [0.1, 0.15) is 17.3 Å². The molecule has 0 saturated carbocycles. The molecule has 27 heavy (non-hydrogen) atoms. The topological polar surface area (TPSA) is 35.6 Å². The van der Waals surface area contributed by atoms with Crippen molar-refractivity contribution in [1.29, 1.82) is 0 Å². The molecule has 0 aromatic heterocycles. The van der Waals surface area contributed by atoms with Crippen molar-refractivity contribution >= 4 is 17.3 Å². The van der Waals surface area contributed by atoms with Crippen LogP contribution in [-0.2, 0) is 4.79 Å². The molecule has 0 bridgehead atoms. The molecule has 144 valence electrons. The van der Waals surface area contributed by atoms with Crippen LogP contribution >= 0.6 is 0 Å². The second-order valence-electron chi connectivity index (χ2n) is 7.00. The van der Waals surface area contributed by atoms with Gasteiger partial charge in [-0.1, -0.05) is 18.2 Å². The monoisotopic (exact) mass is 373 g/mol. The summed E-state index contributed by atoms with van der Waals surface area (Å²) in [7, 11) is 0. The van der Waals surface area contributed by atoms with Crippen LogP contribution in [0.3, 0.4) is 0 Å². The number of anilines is 2. The molecule has 0 radical (unpaired) electrons. The number of rotatable bonds is 4. The van der Waals surface area contributed by atoms with Gasteiger partial charge in [0.2, 0.25) is 5.91 Å². The lowest BCUT2D eigenvalue weighted by Crippen LogP contribution is -2.53. The molecule has 2 aromatic rings. The highest BCUT2D eigenvalue weighted by molar-refractivity contribution is 5.94. The number of piperazine rings is 1. The van der Waals surface area contributed by atoms with E-state index < -0.39 is 23.6 Å². The van der Waals surface area contributed by atoms with E-state index in [1.165, 1.54) is 22.9 Å². The molecule has 4 nitrogen and oxygen atoms in total. The number of nitrogens with zero attached hydrogens (tertiary/aromatic N) is 2. The third-order valence-electron chi connectivity index (χ3n) is 5.37. The maximum absolute atomic E-state index is 13.8. The molecule has 1 fully saturated rings. The zero-order valence-corrected chi connectivity index (χ0v) is 15.9. The van der Waals surface area contributed by atoms with Crippen LogP contribution in [0.1, 0.15) is 18.1 Å². The first-order valence-electron chi connectivity index (χ1n) is 9.18. The van der Waals surface area contributed by atoms with Crippen LogP contribution in [0.5, 0.6) is 0 Å². The summed E-state index contributed by atoms with van der Waals surface area (Å²) in [5.41, 5.74) is 3.37. The average Bonchev–Trinajstić information content (AvgIpc) is 2.66. The third kappa shape index (κ3) is 4.11. The Balaban J connectivity index is 1.62. The van der Waals surface area contributed by atoms with Gasteiger partial charge in [-0.15, -0.1) is 0 Å². The number of nitrogens with one attached hydrogen (secondary N) is 1. The van der Waals surface area contributed by atoms with E-state index in [1.807, 2.05) is 4.90 Å². The number of amides is 1. The maximum Gasteiger partial charge on any atom is 0.241 e. The van der Waals surface area contributed by atoms with Gasteiger partial charge < -0.3 is 10.2 Å². The van der Waals surface area contributed by atoms with Gasteiger partial charge in [-0.2, -0.15) is 0 Å². The Hall–Kier alpha value is -2.47. The minimum absolute atomic E-state index is 0.386. The molecule has 1 aliphatic rings. The Morgan fingerprint density at radius 2 is 1.59 bits per heavy atom.